The summed E-state index contributed by atoms with van der Waals surface area (Å²) in [5.74, 6) is -0.810. The fourth-order valence-corrected chi connectivity index (χ4v) is 4.66. The molecular formula is C37H34CoN6O6. The second-order valence-electron chi connectivity index (χ2n) is 10.3. The summed E-state index contributed by atoms with van der Waals surface area (Å²) in [4.78, 5) is 20.6. The zero-order valence-corrected chi connectivity index (χ0v) is 28.1. The maximum absolute atomic E-state index is 12.2. The number of aliphatic imine (C=N–C) groups is 2. The van der Waals surface area contributed by atoms with E-state index in [2.05, 4.69) is 20.2 Å². The zero-order valence-electron chi connectivity index (χ0n) is 27.1. The maximum Gasteiger partial charge on any atom is 0.359 e. The van der Waals surface area contributed by atoms with Crippen LogP contribution in [0.4, 0.5) is 11.4 Å². The first-order valence-corrected chi connectivity index (χ1v) is 15.4. The Morgan fingerprint density at radius 2 is 1.10 bits per heavy atom. The van der Waals surface area contributed by atoms with Crippen LogP contribution in [-0.2, 0) is 27.9 Å². The van der Waals surface area contributed by atoms with Gasteiger partial charge in [0.25, 0.3) is 0 Å². The van der Waals surface area contributed by atoms with Gasteiger partial charge < -0.3 is 25.2 Å². The second kappa shape index (κ2) is 17.3. The van der Waals surface area contributed by atoms with Gasteiger partial charge in [0.1, 0.15) is 22.9 Å². The second-order valence-corrected chi connectivity index (χ2v) is 10.3. The zero-order chi connectivity index (χ0) is 34.8. The number of ether oxygens (including phenoxy) is 1. The molecule has 257 valence electrons. The molecule has 0 saturated carbocycles. The van der Waals surface area contributed by atoms with Crippen molar-refractivity contribution in [2.24, 2.45) is 9.98 Å². The number of hydrogen-bond donors (Lipinski definition) is 4. The van der Waals surface area contributed by atoms with Gasteiger partial charge in [-0.2, -0.15) is 14.9 Å². The van der Waals surface area contributed by atoms with Gasteiger partial charge in [-0.1, -0.05) is 67.6 Å². The quantitative estimate of drug-likeness (QED) is 0.0935. The molecule has 0 atom stereocenters. The molecule has 50 heavy (non-hydrogen) atoms. The molecule has 0 spiro atoms. The summed E-state index contributed by atoms with van der Waals surface area (Å²) < 4.78 is 7.74. The average Bonchev–Trinajstić information content (AvgIpc) is 3.64. The predicted octanol–water partition coefficient (Wildman–Crippen LogP) is 6.80. The first kappa shape index (κ1) is 36.6. The molecule has 12 nitrogen and oxygen atoms in total. The number of carbonyl (C=O) groups excluding carboxylic acids is 1. The molecule has 0 aliphatic rings. The van der Waals surface area contributed by atoms with E-state index < -0.39 is 5.97 Å². The van der Waals surface area contributed by atoms with Crippen molar-refractivity contribution >= 4 is 29.8 Å². The Bertz CT molecular complexity index is 2090. The van der Waals surface area contributed by atoms with E-state index in [0.29, 0.717) is 29.0 Å². The molecule has 6 rings (SSSR count). The summed E-state index contributed by atoms with van der Waals surface area (Å²) in [7, 11) is 0. The standard InChI is InChI=1S/C19H17N3O4.C18H17N3O2.Co/c1-2-26-19(25)17-14(12-20-15-10-6-7-11-16(15)23)18(24)22(21-17)13-8-4-3-5-9-13;1-2-15-14(12-19-16-10-6-7-11-17(16)22)18(23)21(20-15)13-8-4-3-5-9-13;/h3-12,23-24H,2H2,1H3;3-12,22-23H,2H2,1H3;. The Balaban J connectivity index is 0.000000222. The van der Waals surface area contributed by atoms with Crippen molar-refractivity contribution in [3.63, 3.8) is 0 Å². The third-order valence-corrected chi connectivity index (χ3v) is 7.10. The van der Waals surface area contributed by atoms with Crippen molar-refractivity contribution in [3.8, 4) is 34.6 Å². The summed E-state index contributed by atoms with van der Waals surface area (Å²) in [6.07, 6.45) is 3.48. The van der Waals surface area contributed by atoms with E-state index >= 15 is 0 Å². The number of phenols is 2. The Hall–Kier alpha value is -6.18. The Morgan fingerprint density at radius 3 is 1.58 bits per heavy atom. The Morgan fingerprint density at radius 1 is 0.660 bits per heavy atom. The number of aryl methyl sites for hydroxylation is 1. The largest absolute Gasteiger partial charge is 0.506 e. The fourth-order valence-electron chi connectivity index (χ4n) is 4.66. The maximum atomic E-state index is 12.2. The first-order valence-electron chi connectivity index (χ1n) is 15.4. The molecule has 0 amide bonds. The summed E-state index contributed by atoms with van der Waals surface area (Å²) >= 11 is 0. The smallest absolute Gasteiger partial charge is 0.359 e. The SMILES string of the molecule is CCOC(=O)c1nn(-c2ccccc2)c(O)c1C=Nc1ccccc1O.CCc1nn(-c2ccccc2)c(O)c1C=Nc1ccccc1O.[Co]. The number of hydrogen-bond acceptors (Lipinski definition) is 10. The number of para-hydroxylation sites is 6. The average molecular weight is 718 g/mol. The molecule has 0 fully saturated rings. The van der Waals surface area contributed by atoms with Crippen LogP contribution < -0.4 is 0 Å². The molecule has 0 unspecified atom stereocenters. The van der Waals surface area contributed by atoms with Crippen molar-refractivity contribution in [3.05, 3.63) is 132 Å². The van der Waals surface area contributed by atoms with Crippen LogP contribution in [0.25, 0.3) is 11.4 Å². The van der Waals surface area contributed by atoms with Crippen LogP contribution >= 0.6 is 0 Å². The van der Waals surface area contributed by atoms with Gasteiger partial charge in [0.15, 0.2) is 5.69 Å². The normalized spacial score (nSPS) is 10.8. The summed E-state index contributed by atoms with van der Waals surface area (Å²) in [5, 5.41) is 49.3. The van der Waals surface area contributed by atoms with Crippen LogP contribution in [0, 0.1) is 0 Å². The van der Waals surface area contributed by atoms with E-state index in [0.717, 1.165) is 11.4 Å². The Kier molecular flexibility index (Phi) is 12.7. The minimum Gasteiger partial charge on any atom is -0.506 e. The van der Waals surface area contributed by atoms with Gasteiger partial charge in [-0.25, -0.2) is 9.48 Å². The van der Waals surface area contributed by atoms with Crippen LogP contribution in [0.2, 0.25) is 0 Å². The third-order valence-electron chi connectivity index (χ3n) is 7.10. The van der Waals surface area contributed by atoms with Crippen molar-refractivity contribution < 1.29 is 46.7 Å². The predicted molar refractivity (Wildman–Crippen MR) is 187 cm³/mol. The van der Waals surface area contributed by atoms with Gasteiger partial charge in [-0.15, -0.1) is 0 Å². The number of phenolic OH excluding ortho intramolecular Hbond substituents is 2. The number of rotatable bonds is 9. The van der Waals surface area contributed by atoms with E-state index in [1.807, 2.05) is 43.3 Å². The van der Waals surface area contributed by atoms with Gasteiger partial charge in [0.05, 0.1) is 34.8 Å². The van der Waals surface area contributed by atoms with Crippen LogP contribution in [0.5, 0.6) is 23.3 Å². The number of esters is 1. The van der Waals surface area contributed by atoms with Crippen molar-refractivity contribution in [2.45, 2.75) is 20.3 Å². The van der Waals surface area contributed by atoms with Gasteiger partial charge in [-0.3, -0.25) is 9.98 Å². The molecule has 13 heteroatoms. The van der Waals surface area contributed by atoms with Crippen molar-refractivity contribution in [2.75, 3.05) is 6.61 Å². The van der Waals surface area contributed by atoms with Crippen LogP contribution in [0.1, 0.15) is 41.2 Å². The first-order chi connectivity index (χ1) is 23.8. The fraction of sp³-hybridized carbons (Fsp3) is 0.108. The molecule has 6 aromatic rings. The van der Waals surface area contributed by atoms with E-state index in [1.54, 1.807) is 73.7 Å². The van der Waals surface area contributed by atoms with Crippen LogP contribution in [-0.4, -0.2) is 65.0 Å². The monoisotopic (exact) mass is 717 g/mol. The molecule has 4 N–H and O–H groups in total. The minimum absolute atomic E-state index is 0. The van der Waals surface area contributed by atoms with Crippen molar-refractivity contribution in [1.29, 1.82) is 0 Å². The number of carbonyl (C=O) groups is 1. The van der Waals surface area contributed by atoms with E-state index in [9.17, 15) is 25.2 Å². The van der Waals surface area contributed by atoms with Crippen LogP contribution in [0.3, 0.4) is 0 Å². The van der Waals surface area contributed by atoms with Gasteiger partial charge in [-0.05, 0) is 61.9 Å². The van der Waals surface area contributed by atoms with Gasteiger partial charge in [0.2, 0.25) is 11.8 Å². The molecule has 0 bridgehead atoms. The molecule has 2 aromatic heterocycles. The third kappa shape index (κ3) is 8.45. The van der Waals surface area contributed by atoms with Gasteiger partial charge >= 0.3 is 5.97 Å². The number of nitrogens with zero attached hydrogens (tertiary/aromatic N) is 6. The number of aromatic hydroxyl groups is 4. The van der Waals surface area contributed by atoms with Crippen molar-refractivity contribution in [1.82, 2.24) is 19.6 Å². The molecule has 0 saturated heterocycles. The molecule has 2 heterocycles. The molecule has 0 aliphatic heterocycles. The molecular weight excluding hydrogens is 683 g/mol. The molecule has 0 aliphatic carbocycles. The van der Waals surface area contributed by atoms with E-state index in [-0.39, 0.29) is 57.9 Å². The number of benzene rings is 4. The number of aromatic nitrogens is 4. The molecule has 4 aromatic carbocycles. The summed E-state index contributed by atoms with van der Waals surface area (Å²) in [6, 6.07) is 31.6. The minimum atomic E-state index is -0.670. The topological polar surface area (TPSA) is 168 Å². The van der Waals surface area contributed by atoms with Crippen LogP contribution in [0.15, 0.2) is 119 Å². The van der Waals surface area contributed by atoms with Gasteiger partial charge in [0, 0.05) is 29.2 Å². The van der Waals surface area contributed by atoms with E-state index in [1.165, 1.54) is 27.9 Å². The van der Waals surface area contributed by atoms with E-state index in [4.69, 9.17) is 4.74 Å². The Labute approximate surface area is 298 Å². The summed E-state index contributed by atoms with van der Waals surface area (Å²) in [6.45, 7) is 3.82. The molecule has 1 radical (unpaired) electrons. The summed E-state index contributed by atoms with van der Waals surface area (Å²) in [5.41, 5.74) is 3.45.